The lowest BCUT2D eigenvalue weighted by Gasteiger charge is -2.14. The third-order valence-corrected chi connectivity index (χ3v) is 2.44. The molecule has 0 saturated carbocycles. The number of halogens is 6. The molecule has 0 spiro atoms. The summed E-state index contributed by atoms with van der Waals surface area (Å²) in [6.45, 7) is 0. The van der Waals surface area contributed by atoms with Crippen molar-refractivity contribution in [2.75, 3.05) is 5.32 Å². The molecule has 0 aromatic heterocycles. The quantitative estimate of drug-likeness (QED) is 0.657. The molecule has 118 valence electrons. The second kappa shape index (κ2) is 6.29. The van der Waals surface area contributed by atoms with Crippen molar-refractivity contribution in [3.63, 3.8) is 0 Å². The van der Waals surface area contributed by atoms with E-state index in [1.807, 2.05) is 5.32 Å². The summed E-state index contributed by atoms with van der Waals surface area (Å²) in [6, 6.07) is 4.51. The van der Waals surface area contributed by atoms with Crippen LogP contribution in [0.4, 0.5) is 32.0 Å². The van der Waals surface area contributed by atoms with Crippen LogP contribution in [0.25, 0.3) is 0 Å². The molecule has 1 aromatic rings. The molecular weight excluding hydrogens is 326 g/mol. The zero-order chi connectivity index (χ0) is 17.8. The second-order valence-electron chi connectivity index (χ2n) is 4.00. The second-order valence-corrected chi connectivity index (χ2v) is 4.00. The molecule has 0 saturated heterocycles. The third kappa shape index (κ3) is 4.39. The fourth-order valence-corrected chi connectivity index (χ4v) is 1.45. The third-order valence-electron chi connectivity index (χ3n) is 2.44. The van der Waals surface area contributed by atoms with E-state index in [4.69, 9.17) is 15.8 Å². The molecule has 0 radical (unpaired) electrons. The van der Waals surface area contributed by atoms with Crippen molar-refractivity contribution in [2.24, 2.45) is 0 Å². The normalized spacial score (nSPS) is 10.9. The van der Waals surface area contributed by atoms with Gasteiger partial charge in [0.15, 0.2) is 5.57 Å². The van der Waals surface area contributed by atoms with Crippen LogP contribution in [0.3, 0.4) is 0 Å². The van der Waals surface area contributed by atoms with Gasteiger partial charge in [0.25, 0.3) is 0 Å². The molecule has 1 aromatic carbocycles. The number of nitriles is 3. The maximum absolute atomic E-state index is 12.7. The number of benzene rings is 1. The van der Waals surface area contributed by atoms with Gasteiger partial charge in [0.05, 0.1) is 11.1 Å². The van der Waals surface area contributed by atoms with E-state index in [2.05, 4.69) is 0 Å². The van der Waals surface area contributed by atoms with Gasteiger partial charge >= 0.3 is 12.4 Å². The van der Waals surface area contributed by atoms with Crippen LogP contribution in [0.15, 0.2) is 29.5 Å². The van der Waals surface area contributed by atoms with Crippen molar-refractivity contribution in [3.05, 3.63) is 40.6 Å². The first-order chi connectivity index (χ1) is 10.5. The zero-order valence-electron chi connectivity index (χ0n) is 10.8. The number of nitrogens with one attached hydrogen (secondary N) is 1. The summed E-state index contributed by atoms with van der Waals surface area (Å²) in [6.07, 6.45) is -10.1. The van der Waals surface area contributed by atoms with Crippen LogP contribution in [0.5, 0.6) is 0 Å². The maximum atomic E-state index is 12.7. The molecule has 1 rings (SSSR count). The van der Waals surface area contributed by atoms with Gasteiger partial charge in [-0.25, -0.2) is 0 Å². The van der Waals surface area contributed by atoms with E-state index in [9.17, 15) is 26.3 Å². The van der Waals surface area contributed by atoms with E-state index in [-0.39, 0.29) is 6.07 Å². The van der Waals surface area contributed by atoms with Gasteiger partial charge in [-0.3, -0.25) is 0 Å². The van der Waals surface area contributed by atoms with Crippen molar-refractivity contribution >= 4 is 5.69 Å². The molecule has 0 unspecified atom stereocenters. The minimum Gasteiger partial charge on any atom is -0.345 e. The predicted octanol–water partition coefficient (Wildman–Crippen LogP) is 3.96. The molecule has 0 bridgehead atoms. The van der Waals surface area contributed by atoms with Crippen LogP contribution in [0, 0.1) is 34.0 Å². The molecular formula is C13H4F6N4. The smallest absolute Gasteiger partial charge is 0.345 e. The van der Waals surface area contributed by atoms with E-state index < -0.39 is 40.4 Å². The van der Waals surface area contributed by atoms with Gasteiger partial charge in [-0.05, 0) is 18.2 Å². The van der Waals surface area contributed by atoms with Crippen LogP contribution in [0.2, 0.25) is 0 Å². The Morgan fingerprint density at radius 3 is 1.52 bits per heavy atom. The SMILES string of the molecule is N#CC(C#N)=C(C#N)Nc1cc(C(F)(F)F)cc(C(F)(F)F)c1. The minimum absolute atomic E-state index is 0.0869. The Morgan fingerprint density at radius 1 is 0.783 bits per heavy atom. The number of rotatable bonds is 2. The molecule has 4 nitrogen and oxygen atoms in total. The molecule has 0 fully saturated rings. The summed E-state index contributed by atoms with van der Waals surface area (Å²) in [7, 11) is 0. The van der Waals surface area contributed by atoms with Gasteiger partial charge in [-0.15, -0.1) is 0 Å². The zero-order valence-corrected chi connectivity index (χ0v) is 10.8. The average Bonchev–Trinajstić information content (AvgIpc) is 2.45. The van der Waals surface area contributed by atoms with Gasteiger partial charge in [0.1, 0.15) is 23.9 Å². The van der Waals surface area contributed by atoms with Gasteiger partial charge < -0.3 is 5.32 Å². The molecule has 23 heavy (non-hydrogen) atoms. The lowest BCUT2D eigenvalue weighted by Crippen LogP contribution is -2.12. The first kappa shape index (κ1) is 17.9. The number of nitrogens with zero attached hydrogens (tertiary/aromatic N) is 3. The fourth-order valence-electron chi connectivity index (χ4n) is 1.45. The minimum atomic E-state index is -5.05. The molecule has 0 aliphatic heterocycles. The Hall–Kier alpha value is -3.19. The molecule has 0 atom stereocenters. The Labute approximate surface area is 125 Å². The van der Waals surface area contributed by atoms with E-state index in [0.717, 1.165) is 0 Å². The average molecular weight is 330 g/mol. The largest absolute Gasteiger partial charge is 0.416 e. The molecule has 1 N–H and O–H groups in total. The Morgan fingerprint density at radius 2 is 1.22 bits per heavy atom. The van der Waals surface area contributed by atoms with Crippen LogP contribution < -0.4 is 5.32 Å². The Balaban J connectivity index is 3.50. The number of anilines is 1. The van der Waals surface area contributed by atoms with Crippen LogP contribution in [-0.4, -0.2) is 0 Å². The van der Waals surface area contributed by atoms with Crippen molar-refractivity contribution in [1.82, 2.24) is 0 Å². The molecule has 0 aliphatic rings. The van der Waals surface area contributed by atoms with Gasteiger partial charge in [0, 0.05) is 5.69 Å². The van der Waals surface area contributed by atoms with Crippen molar-refractivity contribution in [2.45, 2.75) is 12.4 Å². The number of hydrogen-bond acceptors (Lipinski definition) is 4. The first-order valence-corrected chi connectivity index (χ1v) is 5.54. The fraction of sp³-hybridized carbons (Fsp3) is 0.154. The summed E-state index contributed by atoms with van der Waals surface area (Å²) in [5, 5.41) is 27.9. The standard InChI is InChI=1S/C13H4F6N4/c14-12(15,16)8-1-9(13(17,18)19)3-10(2-8)23-11(6-22)7(4-20)5-21/h1-3,23H. The lowest BCUT2D eigenvalue weighted by atomic mass is 10.1. The predicted molar refractivity (Wildman–Crippen MR) is 63.9 cm³/mol. The Bertz CT molecular complexity index is 720. The highest BCUT2D eigenvalue weighted by molar-refractivity contribution is 5.60. The van der Waals surface area contributed by atoms with Crippen LogP contribution in [-0.2, 0) is 12.4 Å². The van der Waals surface area contributed by atoms with Crippen LogP contribution in [0.1, 0.15) is 11.1 Å². The van der Waals surface area contributed by atoms with E-state index in [1.165, 1.54) is 18.2 Å². The van der Waals surface area contributed by atoms with Gasteiger partial charge in [0.2, 0.25) is 0 Å². The molecule has 0 amide bonds. The maximum Gasteiger partial charge on any atom is 0.416 e. The molecule has 0 heterocycles. The van der Waals surface area contributed by atoms with Crippen molar-refractivity contribution in [3.8, 4) is 18.2 Å². The number of allylic oxidation sites excluding steroid dienone is 2. The Kier molecular flexibility index (Phi) is 4.88. The summed E-state index contributed by atoms with van der Waals surface area (Å²) in [4.78, 5) is 0. The highest BCUT2D eigenvalue weighted by Crippen LogP contribution is 2.37. The van der Waals surface area contributed by atoms with E-state index in [1.54, 1.807) is 0 Å². The van der Waals surface area contributed by atoms with Gasteiger partial charge in [-0.2, -0.15) is 42.1 Å². The highest BCUT2D eigenvalue weighted by Gasteiger charge is 2.37. The van der Waals surface area contributed by atoms with Gasteiger partial charge in [-0.1, -0.05) is 0 Å². The number of hydrogen-bond donors (Lipinski definition) is 1. The topological polar surface area (TPSA) is 83.4 Å². The monoisotopic (exact) mass is 330 g/mol. The first-order valence-electron chi connectivity index (χ1n) is 5.54. The van der Waals surface area contributed by atoms with Crippen molar-refractivity contribution in [1.29, 1.82) is 15.8 Å². The summed E-state index contributed by atoms with van der Waals surface area (Å²) in [5.41, 5.74) is -5.46. The van der Waals surface area contributed by atoms with Crippen LogP contribution >= 0.6 is 0 Å². The van der Waals surface area contributed by atoms with Crippen molar-refractivity contribution < 1.29 is 26.3 Å². The lowest BCUT2D eigenvalue weighted by molar-refractivity contribution is -0.143. The molecule has 0 aliphatic carbocycles. The molecule has 10 heteroatoms. The summed E-state index contributed by atoms with van der Waals surface area (Å²) in [5.74, 6) is 0. The summed E-state index contributed by atoms with van der Waals surface area (Å²) < 4.78 is 76.0. The van der Waals surface area contributed by atoms with E-state index >= 15 is 0 Å². The highest BCUT2D eigenvalue weighted by atomic mass is 19.4. The number of alkyl halides is 6. The summed E-state index contributed by atoms with van der Waals surface area (Å²) >= 11 is 0. The van der Waals surface area contributed by atoms with E-state index in [0.29, 0.717) is 12.1 Å².